The van der Waals surface area contributed by atoms with Crippen molar-refractivity contribution in [2.24, 2.45) is 11.7 Å². The van der Waals surface area contributed by atoms with Gasteiger partial charge in [-0.1, -0.05) is 44.2 Å². The largest absolute Gasteiger partial charge is 0.349 e. The van der Waals surface area contributed by atoms with E-state index in [1.165, 1.54) is 0 Å². The van der Waals surface area contributed by atoms with Crippen LogP contribution in [0.5, 0.6) is 0 Å². The van der Waals surface area contributed by atoms with Gasteiger partial charge >= 0.3 is 0 Å². The second-order valence-corrected chi connectivity index (χ2v) is 10.5. The molecule has 2 heterocycles. The fourth-order valence-corrected chi connectivity index (χ4v) is 5.52. The van der Waals surface area contributed by atoms with Crippen molar-refractivity contribution < 1.29 is 13.6 Å². The molecule has 6 nitrogen and oxygen atoms in total. The number of rotatable bonds is 8. The van der Waals surface area contributed by atoms with Gasteiger partial charge in [-0.3, -0.25) is 9.69 Å². The third-order valence-electron chi connectivity index (χ3n) is 7.66. The Bertz CT molecular complexity index is 945. The molecule has 8 heteroatoms. The average molecular weight is 488 g/mol. The highest BCUT2D eigenvalue weighted by Crippen LogP contribution is 2.36. The molecule has 1 aliphatic heterocycles. The maximum Gasteiger partial charge on any atom is 0.248 e. The van der Waals surface area contributed by atoms with Crippen LogP contribution in [0.4, 0.5) is 8.78 Å². The van der Waals surface area contributed by atoms with Crippen molar-refractivity contribution in [1.82, 2.24) is 19.8 Å². The number of carbonyl (C=O) groups excluding carboxylic acids is 1. The first-order chi connectivity index (χ1) is 16.7. The smallest absolute Gasteiger partial charge is 0.248 e. The summed E-state index contributed by atoms with van der Waals surface area (Å²) in [4.78, 5) is 19.8. The zero-order chi connectivity index (χ0) is 25.0. The molecular formula is C27H39F2N5O. The maximum atomic E-state index is 13.6. The predicted molar refractivity (Wildman–Crippen MR) is 133 cm³/mol. The van der Waals surface area contributed by atoms with Gasteiger partial charge in [0.25, 0.3) is 0 Å². The van der Waals surface area contributed by atoms with E-state index in [0.717, 1.165) is 37.3 Å². The standard InChI is InChI=1S/C27H39F2N5O/c1-19(2)25-31-14-17-34(25)22-10-15-33(16-11-22)24(30)18-23(20-6-4-3-5-7-20)32-26(35)21-8-12-27(28,29)13-9-21/h3-7,14,17,19,21-24H,8-13,15-16,18,30H2,1-2H3,(H,32,35). The van der Waals surface area contributed by atoms with Crippen LogP contribution in [-0.2, 0) is 4.79 Å². The van der Waals surface area contributed by atoms with E-state index in [1.807, 2.05) is 36.5 Å². The highest BCUT2D eigenvalue weighted by molar-refractivity contribution is 5.79. The Hall–Kier alpha value is -2.32. The van der Waals surface area contributed by atoms with Crippen LogP contribution in [0.1, 0.15) is 88.2 Å². The highest BCUT2D eigenvalue weighted by Gasteiger charge is 2.38. The molecule has 1 saturated heterocycles. The first-order valence-electron chi connectivity index (χ1n) is 13.0. The van der Waals surface area contributed by atoms with Crippen molar-refractivity contribution >= 4 is 5.91 Å². The van der Waals surface area contributed by atoms with Crippen LogP contribution in [0.2, 0.25) is 0 Å². The first kappa shape index (κ1) is 25.8. The van der Waals surface area contributed by atoms with E-state index in [1.54, 1.807) is 0 Å². The van der Waals surface area contributed by atoms with E-state index < -0.39 is 5.92 Å². The lowest BCUT2D eigenvalue weighted by Gasteiger charge is -2.38. The van der Waals surface area contributed by atoms with Crippen LogP contribution in [0.3, 0.4) is 0 Å². The van der Waals surface area contributed by atoms with Gasteiger partial charge < -0.3 is 15.6 Å². The fourth-order valence-electron chi connectivity index (χ4n) is 5.52. The molecule has 2 fully saturated rings. The fraction of sp³-hybridized carbons (Fsp3) is 0.630. The summed E-state index contributed by atoms with van der Waals surface area (Å²) in [6, 6.07) is 10.00. The summed E-state index contributed by atoms with van der Waals surface area (Å²) in [5.74, 6) is -1.63. The maximum absolute atomic E-state index is 13.6. The molecule has 4 rings (SSSR count). The molecule has 0 radical (unpaired) electrons. The zero-order valence-corrected chi connectivity index (χ0v) is 20.9. The van der Waals surface area contributed by atoms with Crippen LogP contribution >= 0.6 is 0 Å². The summed E-state index contributed by atoms with van der Waals surface area (Å²) in [5.41, 5.74) is 7.67. The average Bonchev–Trinajstić information content (AvgIpc) is 3.34. The molecule has 2 aliphatic rings. The number of hydrogen-bond acceptors (Lipinski definition) is 4. The van der Waals surface area contributed by atoms with Gasteiger partial charge in [-0.05, 0) is 31.2 Å². The third kappa shape index (κ3) is 6.47. The Morgan fingerprint density at radius 1 is 1.14 bits per heavy atom. The molecule has 2 unspecified atom stereocenters. The van der Waals surface area contributed by atoms with E-state index in [2.05, 4.69) is 39.8 Å². The SMILES string of the molecule is CC(C)c1nccn1C1CCN(C(N)CC(NC(=O)C2CCC(F)(F)CC2)c2ccccc2)CC1. The van der Waals surface area contributed by atoms with Gasteiger partial charge in [-0.15, -0.1) is 0 Å². The number of nitrogens with two attached hydrogens (primary N) is 1. The van der Waals surface area contributed by atoms with Crippen molar-refractivity contribution in [3.8, 4) is 0 Å². The highest BCUT2D eigenvalue weighted by atomic mass is 19.3. The lowest BCUT2D eigenvalue weighted by atomic mass is 9.86. The molecule has 1 aliphatic carbocycles. The second-order valence-electron chi connectivity index (χ2n) is 10.5. The van der Waals surface area contributed by atoms with E-state index in [0.29, 0.717) is 18.4 Å². The lowest BCUT2D eigenvalue weighted by molar-refractivity contribution is -0.130. The van der Waals surface area contributed by atoms with Crippen LogP contribution in [-0.4, -0.2) is 45.5 Å². The normalized spacial score (nSPS) is 21.7. The Morgan fingerprint density at radius 2 is 1.80 bits per heavy atom. The summed E-state index contributed by atoms with van der Waals surface area (Å²) in [6.45, 7) is 6.10. The second kappa shape index (κ2) is 11.2. The molecule has 2 aromatic rings. The molecular weight excluding hydrogens is 448 g/mol. The summed E-state index contributed by atoms with van der Waals surface area (Å²) in [7, 11) is 0. The molecule has 2 atom stereocenters. The van der Waals surface area contributed by atoms with E-state index in [9.17, 15) is 13.6 Å². The molecule has 0 bridgehead atoms. The van der Waals surface area contributed by atoms with Gasteiger partial charge in [-0.25, -0.2) is 13.8 Å². The number of benzene rings is 1. The minimum absolute atomic E-state index is 0.137. The van der Waals surface area contributed by atoms with Gasteiger partial charge in [0.15, 0.2) is 0 Å². The molecule has 35 heavy (non-hydrogen) atoms. The monoisotopic (exact) mass is 487 g/mol. The quantitative estimate of drug-likeness (QED) is 0.549. The Balaban J connectivity index is 1.37. The van der Waals surface area contributed by atoms with Crippen LogP contribution < -0.4 is 11.1 Å². The number of hydrogen-bond donors (Lipinski definition) is 2. The van der Waals surface area contributed by atoms with E-state index >= 15 is 0 Å². The summed E-state index contributed by atoms with van der Waals surface area (Å²) >= 11 is 0. The number of piperidine rings is 1. The number of likely N-dealkylation sites (tertiary alicyclic amines) is 1. The van der Waals surface area contributed by atoms with Gasteiger partial charge in [0, 0.05) is 62.6 Å². The number of aromatic nitrogens is 2. The Labute approximate surface area is 207 Å². The van der Waals surface area contributed by atoms with Crippen molar-refractivity contribution in [2.75, 3.05) is 13.1 Å². The predicted octanol–water partition coefficient (Wildman–Crippen LogP) is 5.00. The van der Waals surface area contributed by atoms with E-state index in [4.69, 9.17) is 5.73 Å². The van der Waals surface area contributed by atoms with Gasteiger partial charge in [-0.2, -0.15) is 0 Å². The molecule has 192 valence electrons. The lowest BCUT2D eigenvalue weighted by Crippen LogP contribution is -2.49. The minimum Gasteiger partial charge on any atom is -0.349 e. The molecule has 1 saturated carbocycles. The summed E-state index contributed by atoms with van der Waals surface area (Å²) in [6.07, 6.45) is 6.36. The van der Waals surface area contributed by atoms with Crippen LogP contribution in [0.15, 0.2) is 42.7 Å². The van der Waals surface area contributed by atoms with Crippen LogP contribution in [0, 0.1) is 5.92 Å². The third-order valence-corrected chi connectivity index (χ3v) is 7.66. The first-order valence-corrected chi connectivity index (χ1v) is 13.0. The molecule has 1 aromatic heterocycles. The number of carbonyl (C=O) groups is 1. The van der Waals surface area contributed by atoms with Crippen molar-refractivity contribution in [3.05, 3.63) is 54.1 Å². The number of halogens is 2. The van der Waals surface area contributed by atoms with Crippen molar-refractivity contribution in [1.29, 1.82) is 0 Å². The van der Waals surface area contributed by atoms with Gasteiger partial charge in [0.1, 0.15) is 5.82 Å². The van der Waals surface area contributed by atoms with Crippen LogP contribution in [0.25, 0.3) is 0 Å². The number of nitrogens with zero attached hydrogens (tertiary/aromatic N) is 3. The Kier molecular flexibility index (Phi) is 8.22. The number of alkyl halides is 2. The summed E-state index contributed by atoms with van der Waals surface area (Å²) in [5, 5.41) is 3.15. The van der Waals surface area contributed by atoms with E-state index in [-0.39, 0.29) is 49.7 Å². The topological polar surface area (TPSA) is 76.2 Å². The zero-order valence-electron chi connectivity index (χ0n) is 20.9. The Morgan fingerprint density at radius 3 is 2.43 bits per heavy atom. The number of imidazole rings is 1. The molecule has 3 N–H and O–H groups in total. The van der Waals surface area contributed by atoms with Gasteiger partial charge in [0.2, 0.25) is 11.8 Å². The molecule has 1 amide bonds. The van der Waals surface area contributed by atoms with Gasteiger partial charge in [0.05, 0.1) is 12.2 Å². The number of nitrogens with one attached hydrogen (secondary N) is 1. The van der Waals surface area contributed by atoms with Crippen molar-refractivity contribution in [3.63, 3.8) is 0 Å². The minimum atomic E-state index is -2.64. The summed E-state index contributed by atoms with van der Waals surface area (Å²) < 4.78 is 29.4. The van der Waals surface area contributed by atoms with Crippen molar-refractivity contribution in [2.45, 2.75) is 88.9 Å². The molecule has 0 spiro atoms. The molecule has 1 aromatic carbocycles. The number of amides is 1.